The Bertz CT molecular complexity index is 774. The van der Waals surface area contributed by atoms with Crippen LogP contribution in [0.2, 0.25) is 0 Å². The first kappa shape index (κ1) is 19.1. The fourth-order valence-corrected chi connectivity index (χ4v) is 3.10. The summed E-state index contributed by atoms with van der Waals surface area (Å²) in [5.41, 5.74) is 1.24. The Hall–Kier alpha value is 0.0500. The van der Waals surface area contributed by atoms with Crippen LogP contribution in [0.4, 0.5) is 0 Å². The fourth-order valence-electron chi connectivity index (χ4n) is 1.67. The van der Waals surface area contributed by atoms with Gasteiger partial charge in [-0.2, -0.15) is 0 Å². The van der Waals surface area contributed by atoms with Crippen molar-refractivity contribution in [2.24, 2.45) is 0 Å². The predicted molar refractivity (Wildman–Crippen MR) is 85.2 cm³/mol. The van der Waals surface area contributed by atoms with Gasteiger partial charge < -0.3 is 4.55 Å². The van der Waals surface area contributed by atoms with Gasteiger partial charge in [-0.25, -0.2) is 8.42 Å². The van der Waals surface area contributed by atoms with Crippen LogP contribution in [-0.4, -0.2) is 13.0 Å². The second-order valence-corrected chi connectivity index (χ2v) is 7.11. The fraction of sp³-hybridized carbons (Fsp3) is 0. The Kier molecular flexibility index (Phi) is 7.33. The van der Waals surface area contributed by atoms with Gasteiger partial charge in [0.15, 0.2) is 0 Å². The Balaban J connectivity index is 0.00000220. The number of rotatable bonds is 3. The summed E-state index contributed by atoms with van der Waals surface area (Å²) in [6.45, 7) is 0. The molecule has 0 saturated heterocycles. The van der Waals surface area contributed by atoms with E-state index in [1.165, 1.54) is 12.1 Å². The summed E-state index contributed by atoms with van der Waals surface area (Å²) in [6, 6.07) is 11.7. The van der Waals surface area contributed by atoms with E-state index >= 15 is 0 Å². The van der Waals surface area contributed by atoms with Gasteiger partial charge in [0.1, 0.15) is 10.1 Å². The second-order valence-electron chi connectivity index (χ2n) is 3.99. The molecule has 7 heteroatoms. The van der Waals surface area contributed by atoms with Crippen molar-refractivity contribution in [3.05, 3.63) is 62.5 Å². The van der Waals surface area contributed by atoms with E-state index in [1.54, 1.807) is 24.3 Å². The Morgan fingerprint density at radius 3 is 2.24 bits per heavy atom. The molecule has 0 aliphatic heterocycles. The molecule has 0 saturated carbocycles. The summed E-state index contributed by atoms with van der Waals surface area (Å²) < 4.78 is 35.3. The third-order valence-electron chi connectivity index (χ3n) is 2.59. The van der Waals surface area contributed by atoms with Crippen LogP contribution in [0.3, 0.4) is 0 Å². The summed E-state index contributed by atoms with van der Waals surface area (Å²) in [6.07, 6.45) is 3.36. The molecule has 2 aromatic carbocycles. The quantitative estimate of drug-likeness (QED) is 0.411. The van der Waals surface area contributed by atoms with Crippen LogP contribution in [0.5, 0.6) is 0 Å². The standard InChI is InChI=1S/C14H10Br2O3S.Na/c15-12-7-8-13(16)11(9-12)6-5-10-3-1-2-4-14(10)20(17,18)19;/h1-9H,(H,17,18,19);/q;+1/p-1. The molecule has 0 N–H and O–H groups in total. The van der Waals surface area contributed by atoms with E-state index in [9.17, 15) is 13.0 Å². The molecule has 0 fully saturated rings. The van der Waals surface area contributed by atoms with Crippen LogP contribution in [0, 0.1) is 0 Å². The molecule has 0 heterocycles. The molecule has 0 unspecified atom stereocenters. The number of benzene rings is 2. The van der Waals surface area contributed by atoms with Crippen molar-refractivity contribution >= 4 is 54.1 Å². The minimum absolute atomic E-state index is 0. The molecule has 21 heavy (non-hydrogen) atoms. The molecule has 0 amide bonds. The first-order valence-corrected chi connectivity index (χ1v) is 8.55. The van der Waals surface area contributed by atoms with E-state index < -0.39 is 10.1 Å². The van der Waals surface area contributed by atoms with Gasteiger partial charge in [-0.1, -0.05) is 62.2 Å². The first-order chi connectivity index (χ1) is 9.38. The van der Waals surface area contributed by atoms with Crippen LogP contribution in [-0.2, 0) is 10.1 Å². The average Bonchev–Trinajstić information content (AvgIpc) is 2.39. The van der Waals surface area contributed by atoms with Crippen molar-refractivity contribution in [1.82, 2.24) is 0 Å². The molecular formula is C14H9Br2NaO3S. The summed E-state index contributed by atoms with van der Waals surface area (Å²) >= 11 is 6.78. The molecule has 104 valence electrons. The molecule has 2 rings (SSSR count). The normalized spacial score (nSPS) is 11.4. The molecule has 0 aliphatic rings. The van der Waals surface area contributed by atoms with Gasteiger partial charge in [-0.3, -0.25) is 0 Å². The summed E-state index contributed by atoms with van der Waals surface area (Å²) in [5.74, 6) is 0. The van der Waals surface area contributed by atoms with E-state index in [0.717, 1.165) is 14.5 Å². The molecule has 0 atom stereocenters. The summed E-state index contributed by atoms with van der Waals surface area (Å²) in [7, 11) is -4.48. The molecule has 0 aliphatic carbocycles. The van der Waals surface area contributed by atoms with Crippen LogP contribution in [0.1, 0.15) is 11.1 Å². The zero-order valence-corrected chi connectivity index (χ0v) is 17.1. The maximum atomic E-state index is 11.2. The monoisotopic (exact) mass is 438 g/mol. The van der Waals surface area contributed by atoms with Gasteiger partial charge in [0.2, 0.25) is 0 Å². The minimum atomic E-state index is -4.48. The maximum absolute atomic E-state index is 11.2. The van der Waals surface area contributed by atoms with Crippen molar-refractivity contribution in [2.75, 3.05) is 0 Å². The molecule has 0 spiro atoms. The molecule has 3 nitrogen and oxygen atoms in total. The number of hydrogen-bond acceptors (Lipinski definition) is 3. The molecule has 2 aromatic rings. The van der Waals surface area contributed by atoms with E-state index in [2.05, 4.69) is 31.9 Å². The van der Waals surface area contributed by atoms with Crippen LogP contribution in [0.15, 0.2) is 56.3 Å². The minimum Gasteiger partial charge on any atom is -0.744 e. The first-order valence-electron chi connectivity index (χ1n) is 5.56. The average molecular weight is 440 g/mol. The topological polar surface area (TPSA) is 57.2 Å². The Morgan fingerprint density at radius 1 is 0.952 bits per heavy atom. The van der Waals surface area contributed by atoms with Gasteiger partial charge in [0.05, 0.1) is 4.90 Å². The smallest absolute Gasteiger partial charge is 0.744 e. The van der Waals surface area contributed by atoms with Crippen molar-refractivity contribution in [2.45, 2.75) is 4.90 Å². The zero-order chi connectivity index (χ0) is 14.8. The van der Waals surface area contributed by atoms with Crippen molar-refractivity contribution in [1.29, 1.82) is 0 Å². The van der Waals surface area contributed by atoms with Crippen LogP contribution < -0.4 is 29.6 Å². The predicted octanol–water partition coefficient (Wildman–Crippen LogP) is 1.29. The third-order valence-corrected chi connectivity index (χ3v) is 4.71. The van der Waals surface area contributed by atoms with Crippen molar-refractivity contribution in [3.8, 4) is 0 Å². The van der Waals surface area contributed by atoms with Gasteiger partial charge >= 0.3 is 29.6 Å². The van der Waals surface area contributed by atoms with E-state index in [-0.39, 0.29) is 34.5 Å². The molecular weight excluding hydrogens is 431 g/mol. The second kappa shape index (κ2) is 8.06. The van der Waals surface area contributed by atoms with Gasteiger partial charge in [-0.05, 0) is 35.4 Å². The van der Waals surface area contributed by atoms with Crippen molar-refractivity contribution in [3.63, 3.8) is 0 Å². The van der Waals surface area contributed by atoms with Crippen LogP contribution in [0.25, 0.3) is 12.2 Å². The van der Waals surface area contributed by atoms with E-state index in [0.29, 0.717) is 5.56 Å². The Morgan fingerprint density at radius 2 is 1.57 bits per heavy atom. The largest absolute Gasteiger partial charge is 1.00 e. The number of halogens is 2. The molecule has 0 aromatic heterocycles. The SMILES string of the molecule is O=S(=O)([O-])c1ccccc1C=Cc1cc(Br)ccc1Br.[Na+]. The van der Waals surface area contributed by atoms with Gasteiger partial charge in [0, 0.05) is 8.95 Å². The van der Waals surface area contributed by atoms with Gasteiger partial charge in [-0.15, -0.1) is 0 Å². The molecule has 0 bridgehead atoms. The maximum Gasteiger partial charge on any atom is 1.00 e. The number of hydrogen-bond donors (Lipinski definition) is 0. The van der Waals surface area contributed by atoms with E-state index in [1.807, 2.05) is 18.2 Å². The summed E-state index contributed by atoms with van der Waals surface area (Å²) in [5, 5.41) is 0. The molecule has 0 radical (unpaired) electrons. The Labute approximate surface area is 162 Å². The van der Waals surface area contributed by atoms with Crippen molar-refractivity contribution < 1.29 is 42.5 Å². The van der Waals surface area contributed by atoms with Crippen LogP contribution >= 0.6 is 31.9 Å². The van der Waals surface area contributed by atoms with E-state index in [4.69, 9.17) is 0 Å². The third kappa shape index (κ3) is 5.32. The van der Waals surface area contributed by atoms with Gasteiger partial charge in [0.25, 0.3) is 0 Å². The summed E-state index contributed by atoms with van der Waals surface area (Å²) in [4.78, 5) is -0.220. The zero-order valence-electron chi connectivity index (χ0n) is 11.1.